The molecule has 0 aromatic carbocycles. The average Bonchev–Trinajstić information content (AvgIpc) is 2.87. The van der Waals surface area contributed by atoms with Gasteiger partial charge < -0.3 is 9.64 Å². The Labute approximate surface area is 134 Å². The molecule has 0 spiro atoms. The Hall–Kier alpha value is -0.960. The van der Waals surface area contributed by atoms with Crippen molar-refractivity contribution in [1.82, 2.24) is 9.21 Å². The van der Waals surface area contributed by atoms with Crippen molar-refractivity contribution in [2.24, 2.45) is 5.92 Å². The summed E-state index contributed by atoms with van der Waals surface area (Å²) in [7, 11) is -1.82. The zero-order valence-electron chi connectivity index (χ0n) is 12.7. The lowest BCUT2D eigenvalue weighted by molar-refractivity contribution is -0.133. The summed E-state index contributed by atoms with van der Waals surface area (Å²) < 4.78 is 33.1. The van der Waals surface area contributed by atoms with Crippen LogP contribution >= 0.6 is 11.3 Å². The molecule has 1 aromatic heterocycles. The fourth-order valence-corrected chi connectivity index (χ4v) is 5.84. The predicted octanol–water partition coefficient (Wildman–Crippen LogP) is 0.788. The van der Waals surface area contributed by atoms with Crippen molar-refractivity contribution in [2.45, 2.75) is 23.6 Å². The Bertz CT molecular complexity index is 670. The van der Waals surface area contributed by atoms with E-state index in [9.17, 15) is 13.2 Å². The lowest BCUT2D eigenvalue weighted by Crippen LogP contribution is -2.44. The Morgan fingerprint density at radius 1 is 1.32 bits per heavy atom. The number of aryl methyl sites for hydroxylation is 1. The van der Waals surface area contributed by atoms with Crippen LogP contribution in [-0.2, 0) is 26.0 Å². The molecule has 3 rings (SSSR count). The number of hydrogen-bond donors (Lipinski definition) is 0. The van der Waals surface area contributed by atoms with E-state index in [2.05, 4.69) is 0 Å². The van der Waals surface area contributed by atoms with Gasteiger partial charge in [-0.1, -0.05) is 6.92 Å². The molecule has 0 N–H and O–H groups in total. The van der Waals surface area contributed by atoms with Crippen LogP contribution in [0.1, 0.15) is 11.8 Å². The quantitative estimate of drug-likeness (QED) is 0.813. The first kappa shape index (κ1) is 15.9. The Kier molecular flexibility index (Phi) is 4.28. The Morgan fingerprint density at radius 3 is 2.77 bits per heavy atom. The van der Waals surface area contributed by atoms with Gasteiger partial charge in [0.2, 0.25) is 5.91 Å². The highest BCUT2D eigenvalue weighted by Crippen LogP contribution is 2.29. The molecular formula is C14H20N2O4S2. The van der Waals surface area contributed by atoms with E-state index in [0.717, 1.165) is 11.3 Å². The van der Waals surface area contributed by atoms with Crippen LogP contribution in [-0.4, -0.2) is 62.9 Å². The number of carbonyl (C=O) groups is 1. The van der Waals surface area contributed by atoms with Crippen molar-refractivity contribution in [1.29, 1.82) is 0 Å². The second-order valence-electron chi connectivity index (χ2n) is 5.73. The van der Waals surface area contributed by atoms with Crippen LogP contribution in [0.2, 0.25) is 0 Å². The van der Waals surface area contributed by atoms with Crippen LogP contribution in [0.15, 0.2) is 16.3 Å². The van der Waals surface area contributed by atoms with Gasteiger partial charge in [0, 0.05) is 25.0 Å². The third-order valence-electron chi connectivity index (χ3n) is 4.29. The molecular weight excluding hydrogens is 324 g/mol. The first-order valence-corrected chi connectivity index (χ1v) is 9.62. The van der Waals surface area contributed by atoms with Crippen LogP contribution in [0, 0.1) is 5.92 Å². The van der Waals surface area contributed by atoms with Crippen LogP contribution in [0.4, 0.5) is 0 Å². The number of rotatable bonds is 3. The molecule has 3 heterocycles. The number of thiophene rings is 1. The van der Waals surface area contributed by atoms with Crippen molar-refractivity contribution in [3.63, 3.8) is 0 Å². The van der Waals surface area contributed by atoms with Crippen LogP contribution in [0.5, 0.6) is 0 Å². The van der Waals surface area contributed by atoms with Gasteiger partial charge in [-0.25, -0.2) is 8.42 Å². The van der Waals surface area contributed by atoms with Gasteiger partial charge in [-0.15, -0.1) is 11.3 Å². The fraction of sp³-hybridized carbons (Fsp3) is 0.643. The summed E-state index contributed by atoms with van der Waals surface area (Å²) in [6, 6.07) is 3.30. The first-order valence-electron chi connectivity index (χ1n) is 7.36. The molecule has 0 radical (unpaired) electrons. The number of carbonyl (C=O) groups excluding carboxylic acids is 1. The second-order valence-corrected chi connectivity index (χ2v) is 9.07. The third-order valence-corrected chi connectivity index (χ3v) is 7.82. The number of nitrogens with zero attached hydrogens (tertiary/aromatic N) is 2. The van der Waals surface area contributed by atoms with E-state index < -0.39 is 15.9 Å². The second kappa shape index (κ2) is 5.92. The normalized spacial score (nSPS) is 27.0. The van der Waals surface area contributed by atoms with Gasteiger partial charge in [-0.3, -0.25) is 4.79 Å². The highest BCUT2D eigenvalue weighted by molar-refractivity contribution is 7.91. The zero-order valence-corrected chi connectivity index (χ0v) is 14.3. The summed E-state index contributed by atoms with van der Waals surface area (Å²) in [5.41, 5.74) is 0. The summed E-state index contributed by atoms with van der Waals surface area (Å²) in [5, 5.41) is 0. The van der Waals surface area contributed by atoms with E-state index in [1.54, 1.807) is 18.0 Å². The molecule has 22 heavy (non-hydrogen) atoms. The molecule has 122 valence electrons. The maximum Gasteiger partial charge on any atom is 0.252 e. The minimum absolute atomic E-state index is 0.0272. The standard InChI is InChI=1S/C14H20N2O4S2/c1-3-12-4-5-13(21-12)22(18,19)16-6-10-8-20-9-11(7-16)15(2)14(10)17/h4-5,10-11H,3,6-9H2,1-2H3/t10-,11+/m1/s1. The largest absolute Gasteiger partial charge is 0.378 e. The van der Waals surface area contributed by atoms with Gasteiger partial charge >= 0.3 is 0 Å². The minimum Gasteiger partial charge on any atom is -0.378 e. The maximum atomic E-state index is 12.9. The molecule has 2 fully saturated rings. The lowest BCUT2D eigenvalue weighted by atomic mass is 10.1. The van der Waals surface area contributed by atoms with Crippen LogP contribution < -0.4 is 0 Å². The number of fused-ring (bicyclic) bond motifs is 3. The number of amides is 1. The van der Waals surface area contributed by atoms with Gasteiger partial charge in [0.1, 0.15) is 4.21 Å². The molecule has 0 saturated carbocycles. The molecule has 8 heteroatoms. The van der Waals surface area contributed by atoms with Crippen molar-refractivity contribution in [3.8, 4) is 0 Å². The van der Waals surface area contributed by atoms with Crippen molar-refractivity contribution in [2.75, 3.05) is 33.4 Å². The number of likely N-dealkylation sites (N-methyl/N-ethyl adjacent to an activating group) is 1. The van der Waals surface area contributed by atoms with Gasteiger partial charge in [0.05, 0.1) is 25.2 Å². The number of hydrogen-bond acceptors (Lipinski definition) is 5. The van der Waals surface area contributed by atoms with E-state index in [4.69, 9.17) is 4.74 Å². The van der Waals surface area contributed by atoms with Crippen LogP contribution in [0.25, 0.3) is 0 Å². The van der Waals surface area contributed by atoms with Gasteiger partial charge in [-0.2, -0.15) is 4.31 Å². The first-order chi connectivity index (χ1) is 10.4. The summed E-state index contributed by atoms with van der Waals surface area (Å²) in [6.45, 7) is 3.16. The number of sulfonamides is 1. The van der Waals surface area contributed by atoms with E-state index in [1.165, 1.54) is 15.6 Å². The molecule has 2 bridgehead atoms. The van der Waals surface area contributed by atoms with Crippen molar-refractivity contribution >= 4 is 27.3 Å². The Balaban J connectivity index is 1.92. The molecule has 0 aliphatic carbocycles. The summed E-state index contributed by atoms with van der Waals surface area (Å²) in [5.74, 6) is -0.446. The monoisotopic (exact) mass is 344 g/mol. The van der Waals surface area contributed by atoms with E-state index in [-0.39, 0.29) is 25.1 Å². The van der Waals surface area contributed by atoms with Gasteiger partial charge in [-0.05, 0) is 18.6 Å². The highest BCUT2D eigenvalue weighted by Gasteiger charge is 2.41. The van der Waals surface area contributed by atoms with Gasteiger partial charge in [0.25, 0.3) is 10.0 Å². The summed E-state index contributed by atoms with van der Waals surface area (Å²) >= 11 is 1.31. The van der Waals surface area contributed by atoms with E-state index in [1.807, 2.05) is 13.0 Å². The minimum atomic E-state index is -3.55. The molecule has 1 amide bonds. The smallest absolute Gasteiger partial charge is 0.252 e. The Morgan fingerprint density at radius 2 is 2.09 bits per heavy atom. The average molecular weight is 344 g/mol. The van der Waals surface area contributed by atoms with E-state index in [0.29, 0.717) is 17.4 Å². The third kappa shape index (κ3) is 2.68. The molecule has 1 aromatic rings. The SMILES string of the molecule is CCc1ccc(S(=O)(=O)N2C[C@@H]3COC[C@H](C2)N(C)C3=O)s1. The van der Waals surface area contributed by atoms with Crippen LogP contribution in [0.3, 0.4) is 0 Å². The van der Waals surface area contributed by atoms with Crippen molar-refractivity contribution in [3.05, 3.63) is 17.0 Å². The molecule has 2 aliphatic rings. The molecule has 0 unspecified atom stereocenters. The van der Waals surface area contributed by atoms with E-state index >= 15 is 0 Å². The summed E-state index contributed by atoms with van der Waals surface area (Å²) in [6.07, 6.45) is 0.820. The number of ether oxygens (including phenoxy) is 1. The van der Waals surface area contributed by atoms with Gasteiger partial charge in [0.15, 0.2) is 0 Å². The zero-order chi connectivity index (χ0) is 15.9. The molecule has 2 saturated heterocycles. The molecule has 2 atom stereocenters. The maximum absolute atomic E-state index is 12.9. The lowest BCUT2D eigenvalue weighted by Gasteiger charge is -2.28. The topological polar surface area (TPSA) is 66.9 Å². The molecule has 2 aliphatic heterocycles. The highest BCUT2D eigenvalue weighted by atomic mass is 32.2. The fourth-order valence-electron chi connectivity index (χ4n) is 2.87. The molecule has 6 nitrogen and oxygen atoms in total. The summed E-state index contributed by atoms with van der Waals surface area (Å²) in [4.78, 5) is 15.0. The predicted molar refractivity (Wildman–Crippen MR) is 83.3 cm³/mol. The van der Waals surface area contributed by atoms with Crippen molar-refractivity contribution < 1.29 is 17.9 Å².